The van der Waals surface area contributed by atoms with Crippen LogP contribution in [0, 0.1) is 0 Å². The van der Waals surface area contributed by atoms with Crippen molar-refractivity contribution >= 4 is 0 Å². The summed E-state index contributed by atoms with van der Waals surface area (Å²) in [5.41, 5.74) is 5.49. The van der Waals surface area contributed by atoms with E-state index in [0.717, 1.165) is 0 Å². The van der Waals surface area contributed by atoms with Crippen LogP contribution in [0.2, 0.25) is 0 Å². The van der Waals surface area contributed by atoms with Gasteiger partial charge in [0, 0.05) is 0 Å². The first-order valence-corrected chi connectivity index (χ1v) is 4.14. The Morgan fingerprint density at radius 1 is 0.500 bits per heavy atom. The molecule has 0 nitrogen and oxygen atoms in total. The predicted octanol–water partition coefficient (Wildman–Crippen LogP) is 3.33. The topological polar surface area (TPSA) is 0 Å². The summed E-state index contributed by atoms with van der Waals surface area (Å²) in [6.45, 7) is 0. The molecule has 0 radical (unpaired) electrons. The van der Waals surface area contributed by atoms with E-state index in [0.29, 0.717) is 0 Å². The molecule has 0 unspecified atom stereocenters. The van der Waals surface area contributed by atoms with E-state index in [9.17, 15) is 0 Å². The van der Waals surface area contributed by atoms with Gasteiger partial charge in [0.1, 0.15) is 0 Å². The maximum atomic E-state index is 2.24. The molecule has 12 heavy (non-hydrogen) atoms. The minimum atomic E-state index is 1.32. The van der Waals surface area contributed by atoms with Crippen LogP contribution < -0.4 is 0 Å². The van der Waals surface area contributed by atoms with Crippen LogP contribution in [0.5, 0.6) is 0 Å². The van der Waals surface area contributed by atoms with Crippen LogP contribution in [0.3, 0.4) is 0 Å². The van der Waals surface area contributed by atoms with E-state index < -0.39 is 0 Å². The number of rotatable bonds is 1. The second-order valence-electron chi connectivity index (χ2n) is 3.17. The largest absolute Gasteiger partial charge is 0.0622 e. The zero-order valence-corrected chi connectivity index (χ0v) is 6.62. The summed E-state index contributed by atoms with van der Waals surface area (Å²) in [5, 5.41) is 0. The van der Waals surface area contributed by atoms with Crippen molar-refractivity contribution < 1.29 is 0 Å². The molecule has 0 bridgehead atoms. The Kier molecular flexibility index (Phi) is 0.991. The van der Waals surface area contributed by atoms with Crippen LogP contribution in [-0.4, -0.2) is 0 Å². The molecule has 3 rings (SSSR count). The van der Waals surface area contributed by atoms with E-state index in [4.69, 9.17) is 0 Å². The van der Waals surface area contributed by atoms with Gasteiger partial charge in [-0.3, -0.25) is 0 Å². The summed E-state index contributed by atoms with van der Waals surface area (Å²) in [4.78, 5) is 0. The molecule has 0 atom stereocenters. The Bertz CT molecular complexity index is 407. The third-order valence-electron chi connectivity index (χ3n) is 2.29. The molecular weight excluding hydrogens is 144 g/mol. The molecule has 0 spiro atoms. The van der Waals surface area contributed by atoms with Crippen molar-refractivity contribution in [3.05, 3.63) is 48.5 Å². The average Bonchev–Trinajstić information content (AvgIpc) is 2.75. The van der Waals surface area contributed by atoms with Crippen LogP contribution in [0.25, 0.3) is 22.3 Å². The van der Waals surface area contributed by atoms with E-state index in [1.807, 2.05) is 6.07 Å². The minimum absolute atomic E-state index is 1.32. The minimum Gasteiger partial charge on any atom is -0.0622 e. The first-order valence-electron chi connectivity index (χ1n) is 4.14. The van der Waals surface area contributed by atoms with Gasteiger partial charge in [0.2, 0.25) is 0 Å². The highest BCUT2D eigenvalue weighted by molar-refractivity contribution is 5.89. The molecule has 0 saturated heterocycles. The summed E-state index contributed by atoms with van der Waals surface area (Å²) in [7, 11) is 0. The molecule has 1 aromatic rings. The van der Waals surface area contributed by atoms with Gasteiger partial charge >= 0.3 is 0 Å². The fourth-order valence-corrected chi connectivity index (χ4v) is 1.56. The van der Waals surface area contributed by atoms with E-state index in [2.05, 4.69) is 42.5 Å². The Hall–Kier alpha value is -1.56. The van der Waals surface area contributed by atoms with Gasteiger partial charge < -0.3 is 0 Å². The number of hydrogen-bond donors (Lipinski definition) is 0. The molecule has 1 aromatic carbocycles. The standard InChI is InChI=1S/C12H8/c1-2-4-9(5-3-1)10-6-11-8-12(11)7-10/h1-8H. The molecule has 0 heteroatoms. The van der Waals surface area contributed by atoms with Crippen molar-refractivity contribution in [2.45, 2.75) is 0 Å². The predicted molar refractivity (Wildman–Crippen MR) is 50.9 cm³/mol. The first kappa shape index (κ1) is 6.01. The lowest BCUT2D eigenvalue weighted by molar-refractivity contribution is 1.67. The fraction of sp³-hybridized carbons (Fsp3) is 0. The van der Waals surface area contributed by atoms with Gasteiger partial charge in [-0.2, -0.15) is 0 Å². The van der Waals surface area contributed by atoms with Crippen molar-refractivity contribution in [3.8, 4) is 22.3 Å². The summed E-state index contributed by atoms with van der Waals surface area (Å²) in [6, 6.07) is 17.2. The molecule has 56 valence electrons. The smallest absolute Gasteiger partial charge is 0.0171 e. The zero-order chi connectivity index (χ0) is 7.97. The van der Waals surface area contributed by atoms with Gasteiger partial charge in [0.15, 0.2) is 0 Å². The molecule has 2 aliphatic carbocycles. The van der Waals surface area contributed by atoms with Gasteiger partial charge in [-0.15, -0.1) is 0 Å². The van der Waals surface area contributed by atoms with Gasteiger partial charge in [-0.1, -0.05) is 30.3 Å². The summed E-state index contributed by atoms with van der Waals surface area (Å²) < 4.78 is 0. The maximum Gasteiger partial charge on any atom is -0.0171 e. The molecule has 0 amide bonds. The average molecular weight is 152 g/mol. The van der Waals surface area contributed by atoms with E-state index in [1.54, 1.807) is 0 Å². The quantitative estimate of drug-likeness (QED) is 0.501. The molecule has 0 saturated carbocycles. The Labute approximate surface area is 71.5 Å². The SMILES string of the molecule is c1ccc(-c2cc3cc-3c2)cc1. The van der Waals surface area contributed by atoms with Gasteiger partial charge in [-0.05, 0) is 40.5 Å². The fourth-order valence-electron chi connectivity index (χ4n) is 1.56. The van der Waals surface area contributed by atoms with Crippen LogP contribution in [0.15, 0.2) is 48.5 Å². The Morgan fingerprint density at radius 3 is 1.58 bits per heavy atom. The second kappa shape index (κ2) is 1.98. The maximum absolute atomic E-state index is 2.24. The zero-order valence-electron chi connectivity index (χ0n) is 6.62. The molecule has 0 heterocycles. The normalized spacial score (nSPS) is 11.3. The third-order valence-corrected chi connectivity index (χ3v) is 2.29. The third kappa shape index (κ3) is 0.782. The molecule has 0 N–H and O–H groups in total. The monoisotopic (exact) mass is 152 g/mol. The van der Waals surface area contributed by atoms with Gasteiger partial charge in [0.05, 0.1) is 0 Å². The molecule has 0 aromatic heterocycles. The second-order valence-corrected chi connectivity index (χ2v) is 3.17. The number of hydrogen-bond acceptors (Lipinski definition) is 0. The summed E-state index contributed by atoms with van der Waals surface area (Å²) in [5.74, 6) is 0. The van der Waals surface area contributed by atoms with Crippen LogP contribution in [-0.2, 0) is 0 Å². The van der Waals surface area contributed by atoms with Crippen molar-refractivity contribution in [2.75, 3.05) is 0 Å². The molecule has 0 fully saturated rings. The van der Waals surface area contributed by atoms with E-state index in [-0.39, 0.29) is 0 Å². The Morgan fingerprint density at radius 2 is 1.00 bits per heavy atom. The summed E-state index contributed by atoms with van der Waals surface area (Å²) >= 11 is 0. The summed E-state index contributed by atoms with van der Waals surface area (Å²) in [6.07, 6.45) is 0. The Balaban J connectivity index is 2.13. The highest BCUT2D eigenvalue weighted by Crippen LogP contribution is 2.40. The van der Waals surface area contributed by atoms with Crippen LogP contribution in [0.4, 0.5) is 0 Å². The van der Waals surface area contributed by atoms with Crippen molar-refractivity contribution in [2.24, 2.45) is 0 Å². The molecule has 2 aliphatic rings. The lowest BCUT2D eigenvalue weighted by Gasteiger charge is -1.94. The molecular formula is C12H8. The van der Waals surface area contributed by atoms with E-state index in [1.165, 1.54) is 22.3 Å². The number of benzene rings is 2. The lowest BCUT2D eigenvalue weighted by Crippen LogP contribution is -1.69. The van der Waals surface area contributed by atoms with Crippen molar-refractivity contribution in [1.29, 1.82) is 0 Å². The molecule has 0 aliphatic heterocycles. The van der Waals surface area contributed by atoms with Crippen molar-refractivity contribution in [3.63, 3.8) is 0 Å². The lowest BCUT2D eigenvalue weighted by atomic mass is 10.1. The van der Waals surface area contributed by atoms with Gasteiger partial charge in [0.25, 0.3) is 0 Å². The first-order chi connectivity index (χ1) is 5.93. The highest BCUT2D eigenvalue weighted by atomic mass is 14.2. The van der Waals surface area contributed by atoms with Crippen molar-refractivity contribution in [1.82, 2.24) is 0 Å². The van der Waals surface area contributed by atoms with E-state index >= 15 is 0 Å². The van der Waals surface area contributed by atoms with Crippen LogP contribution in [0.1, 0.15) is 0 Å². The van der Waals surface area contributed by atoms with Gasteiger partial charge in [-0.25, -0.2) is 0 Å². The highest BCUT2D eigenvalue weighted by Gasteiger charge is 2.14. The van der Waals surface area contributed by atoms with Crippen LogP contribution >= 0.6 is 0 Å². The number of fused-ring (bicyclic) bond motifs is 1.